The van der Waals surface area contributed by atoms with E-state index in [-0.39, 0.29) is 24.4 Å². The third kappa shape index (κ3) is 2.07. The van der Waals surface area contributed by atoms with Gasteiger partial charge in [-0.05, 0) is 30.8 Å². The molecule has 1 aliphatic carbocycles. The van der Waals surface area contributed by atoms with Crippen LogP contribution in [0.5, 0.6) is 0 Å². The van der Waals surface area contributed by atoms with E-state index in [0.717, 1.165) is 5.65 Å². The molecule has 2 aromatic heterocycles. The summed E-state index contributed by atoms with van der Waals surface area (Å²) in [6.07, 6.45) is 5.30. The van der Waals surface area contributed by atoms with Crippen molar-refractivity contribution in [3.05, 3.63) is 53.6 Å². The van der Waals surface area contributed by atoms with E-state index in [2.05, 4.69) is 4.98 Å². The smallest absolute Gasteiger partial charge is 0.166 e. The van der Waals surface area contributed by atoms with Gasteiger partial charge in [-0.2, -0.15) is 0 Å². The van der Waals surface area contributed by atoms with Crippen molar-refractivity contribution in [1.29, 1.82) is 0 Å². The van der Waals surface area contributed by atoms with Gasteiger partial charge in [0, 0.05) is 24.6 Å². The van der Waals surface area contributed by atoms with Crippen LogP contribution in [0.4, 0.5) is 0 Å². The van der Waals surface area contributed by atoms with Gasteiger partial charge in [-0.25, -0.2) is 4.98 Å². The number of fused-ring (bicyclic) bond motifs is 1. The summed E-state index contributed by atoms with van der Waals surface area (Å²) in [5.74, 6) is -0.0915. The zero-order valence-corrected chi connectivity index (χ0v) is 11.7. The van der Waals surface area contributed by atoms with Crippen LogP contribution < -0.4 is 5.73 Å². The first-order chi connectivity index (χ1) is 10.1. The first-order valence-electron chi connectivity index (χ1n) is 6.75. The van der Waals surface area contributed by atoms with E-state index in [9.17, 15) is 9.59 Å². The van der Waals surface area contributed by atoms with Crippen LogP contribution in [0.2, 0.25) is 0 Å². The summed E-state index contributed by atoms with van der Waals surface area (Å²) >= 11 is 0. The molecule has 0 atom stereocenters. The molecule has 0 aromatic carbocycles. The Balaban J connectivity index is 2.34. The van der Waals surface area contributed by atoms with E-state index in [1.54, 1.807) is 13.1 Å². The zero-order valence-electron chi connectivity index (χ0n) is 11.7. The molecule has 0 fully saturated rings. The Hall–Kier alpha value is -2.69. The molecule has 21 heavy (non-hydrogen) atoms. The number of allylic oxidation sites excluding steroid dienone is 3. The summed E-state index contributed by atoms with van der Waals surface area (Å²) in [4.78, 5) is 28.9. The fourth-order valence-corrected chi connectivity index (χ4v) is 2.64. The molecule has 0 amide bonds. The average molecular weight is 281 g/mol. The lowest BCUT2D eigenvalue weighted by atomic mass is 9.84. The van der Waals surface area contributed by atoms with E-state index in [0.29, 0.717) is 22.4 Å². The molecule has 0 spiro atoms. The number of carbonyl (C=O) groups is 2. The van der Waals surface area contributed by atoms with Gasteiger partial charge in [0.1, 0.15) is 5.65 Å². The summed E-state index contributed by atoms with van der Waals surface area (Å²) < 4.78 is 1.82. The highest BCUT2D eigenvalue weighted by molar-refractivity contribution is 6.31. The number of carbonyl (C=O) groups excluding carboxylic acids is 2. The fraction of sp³-hybridized carbons (Fsp3) is 0.188. The van der Waals surface area contributed by atoms with Crippen LogP contribution in [0.3, 0.4) is 0 Å². The predicted molar refractivity (Wildman–Crippen MR) is 79.3 cm³/mol. The number of nitrogens with two attached hydrogens (primary N) is 1. The summed E-state index contributed by atoms with van der Waals surface area (Å²) in [6.45, 7) is 1.75. The number of hydrogen-bond acceptors (Lipinski definition) is 4. The van der Waals surface area contributed by atoms with Crippen LogP contribution in [0.25, 0.3) is 11.2 Å². The molecule has 3 rings (SSSR count). The van der Waals surface area contributed by atoms with Gasteiger partial charge in [-0.15, -0.1) is 0 Å². The summed E-state index contributed by atoms with van der Waals surface area (Å²) in [6, 6.07) is 5.59. The lowest BCUT2D eigenvalue weighted by Crippen LogP contribution is -2.20. The standard InChI is InChI=1S/C16H15N3O2/c1-10(8-17)15-12(20)5-6-13(21)16(15)11-9-18-14-4-2-3-7-19(11)14/h2-4,7-9H,5-6,17H2,1H3/b10-8+. The van der Waals surface area contributed by atoms with Crippen molar-refractivity contribution in [3.63, 3.8) is 0 Å². The van der Waals surface area contributed by atoms with Crippen LogP contribution in [-0.2, 0) is 9.59 Å². The van der Waals surface area contributed by atoms with Crippen LogP contribution >= 0.6 is 0 Å². The number of ketones is 2. The maximum absolute atomic E-state index is 12.4. The molecular weight excluding hydrogens is 266 g/mol. The lowest BCUT2D eigenvalue weighted by Gasteiger charge is -2.18. The topological polar surface area (TPSA) is 77.5 Å². The molecule has 5 heteroatoms. The number of hydrogen-bond donors (Lipinski definition) is 1. The molecule has 0 saturated carbocycles. The van der Waals surface area contributed by atoms with Gasteiger partial charge in [0.15, 0.2) is 11.6 Å². The first kappa shape index (κ1) is 13.3. The van der Waals surface area contributed by atoms with Gasteiger partial charge >= 0.3 is 0 Å². The van der Waals surface area contributed by atoms with E-state index >= 15 is 0 Å². The highest BCUT2D eigenvalue weighted by Gasteiger charge is 2.30. The minimum absolute atomic E-state index is 0.0450. The van der Waals surface area contributed by atoms with Crippen molar-refractivity contribution in [1.82, 2.24) is 9.38 Å². The van der Waals surface area contributed by atoms with E-state index < -0.39 is 0 Å². The quantitative estimate of drug-likeness (QED) is 0.911. The number of imidazole rings is 1. The number of pyridine rings is 1. The normalized spacial score (nSPS) is 16.9. The van der Waals surface area contributed by atoms with Crippen LogP contribution in [0.1, 0.15) is 25.5 Å². The van der Waals surface area contributed by atoms with E-state index in [1.807, 2.05) is 28.8 Å². The number of nitrogens with zero attached hydrogens (tertiary/aromatic N) is 2. The number of aromatic nitrogens is 2. The van der Waals surface area contributed by atoms with Crippen molar-refractivity contribution in [2.75, 3.05) is 0 Å². The van der Waals surface area contributed by atoms with Gasteiger partial charge in [-0.3, -0.25) is 14.0 Å². The van der Waals surface area contributed by atoms with Gasteiger partial charge in [0.05, 0.1) is 17.5 Å². The monoisotopic (exact) mass is 281 g/mol. The Bertz CT molecular complexity index is 812. The second-order valence-corrected chi connectivity index (χ2v) is 5.02. The molecule has 0 bridgehead atoms. The van der Waals surface area contributed by atoms with Gasteiger partial charge in [0.25, 0.3) is 0 Å². The molecular formula is C16H15N3O2. The molecule has 106 valence electrons. The Morgan fingerprint density at radius 3 is 2.81 bits per heavy atom. The molecule has 0 aliphatic heterocycles. The summed E-state index contributed by atoms with van der Waals surface area (Å²) in [5, 5.41) is 0. The summed E-state index contributed by atoms with van der Waals surface area (Å²) in [5.41, 5.74) is 8.39. The molecule has 0 saturated heterocycles. The minimum atomic E-state index is -0.0466. The molecule has 2 N–H and O–H groups in total. The Labute approximate surface area is 121 Å². The Morgan fingerprint density at radius 1 is 1.29 bits per heavy atom. The van der Waals surface area contributed by atoms with Crippen LogP contribution in [-0.4, -0.2) is 21.0 Å². The highest BCUT2D eigenvalue weighted by atomic mass is 16.1. The molecule has 5 nitrogen and oxygen atoms in total. The van der Waals surface area contributed by atoms with Crippen molar-refractivity contribution >= 4 is 22.8 Å². The third-order valence-corrected chi connectivity index (χ3v) is 3.70. The van der Waals surface area contributed by atoms with E-state index in [4.69, 9.17) is 5.73 Å². The van der Waals surface area contributed by atoms with Crippen molar-refractivity contribution < 1.29 is 9.59 Å². The number of rotatable bonds is 2. The van der Waals surface area contributed by atoms with Crippen LogP contribution in [0.15, 0.2) is 47.9 Å². The van der Waals surface area contributed by atoms with Crippen molar-refractivity contribution in [2.45, 2.75) is 19.8 Å². The van der Waals surface area contributed by atoms with E-state index in [1.165, 1.54) is 6.20 Å². The Morgan fingerprint density at radius 2 is 2.05 bits per heavy atom. The fourth-order valence-electron chi connectivity index (χ4n) is 2.64. The molecule has 2 heterocycles. The molecule has 2 aromatic rings. The minimum Gasteiger partial charge on any atom is -0.404 e. The third-order valence-electron chi connectivity index (χ3n) is 3.70. The van der Waals surface area contributed by atoms with Crippen molar-refractivity contribution in [2.24, 2.45) is 5.73 Å². The maximum Gasteiger partial charge on any atom is 0.166 e. The van der Waals surface area contributed by atoms with Gasteiger partial charge < -0.3 is 5.73 Å². The van der Waals surface area contributed by atoms with Gasteiger partial charge in [0.2, 0.25) is 0 Å². The van der Waals surface area contributed by atoms with Gasteiger partial charge in [-0.1, -0.05) is 6.07 Å². The molecule has 1 aliphatic rings. The Kier molecular flexibility index (Phi) is 3.17. The highest BCUT2D eigenvalue weighted by Crippen LogP contribution is 2.31. The molecule has 0 radical (unpaired) electrons. The lowest BCUT2D eigenvalue weighted by molar-refractivity contribution is -0.120. The maximum atomic E-state index is 12.4. The van der Waals surface area contributed by atoms with Crippen molar-refractivity contribution in [3.8, 4) is 0 Å². The first-order valence-corrected chi connectivity index (χ1v) is 6.75. The van der Waals surface area contributed by atoms with Crippen LogP contribution in [0, 0.1) is 0 Å². The predicted octanol–water partition coefficient (Wildman–Crippen LogP) is 1.88. The number of Topliss-reactive ketones (excluding diaryl/α,β-unsaturated/α-hetero) is 2. The SMILES string of the molecule is C/C(=C\N)C1=C(c2cnc3ccccn23)C(=O)CCC1=O. The molecule has 0 unspecified atom stereocenters. The largest absolute Gasteiger partial charge is 0.404 e. The second-order valence-electron chi connectivity index (χ2n) is 5.02. The summed E-state index contributed by atoms with van der Waals surface area (Å²) in [7, 11) is 0. The second kappa shape index (κ2) is 5.01. The average Bonchev–Trinajstić information content (AvgIpc) is 2.92. The zero-order chi connectivity index (χ0) is 15.0.